The summed E-state index contributed by atoms with van der Waals surface area (Å²) < 4.78 is 16.3. The third-order valence-corrected chi connectivity index (χ3v) is 3.64. The first-order valence-corrected chi connectivity index (χ1v) is 7.15. The van der Waals surface area contributed by atoms with Crippen LogP contribution in [0.2, 0.25) is 0 Å². The fraction of sp³-hybridized carbons (Fsp3) is 0.143. The molecule has 0 radical (unpaired) electrons. The minimum Gasteiger partial charge on any atom is -0.465 e. The first kappa shape index (κ1) is 13.4. The van der Waals surface area contributed by atoms with Crippen molar-refractivity contribution in [3.05, 3.63) is 48.3 Å². The molecule has 2 rings (SSSR count). The minimum atomic E-state index is -1.14. The van der Waals surface area contributed by atoms with Crippen LogP contribution in [0.5, 0.6) is 0 Å². The van der Waals surface area contributed by atoms with Gasteiger partial charge in [0.05, 0.1) is 12.7 Å². The zero-order valence-corrected chi connectivity index (χ0v) is 11.4. The van der Waals surface area contributed by atoms with E-state index in [1.807, 2.05) is 12.1 Å². The van der Waals surface area contributed by atoms with E-state index in [0.717, 1.165) is 11.1 Å². The molecule has 0 fully saturated rings. The molecule has 1 heterocycles. The second-order valence-corrected chi connectivity index (χ2v) is 5.27. The zero-order chi connectivity index (χ0) is 13.8. The average molecular weight is 275 g/mol. The monoisotopic (exact) mass is 275 g/mol. The number of pyridine rings is 1. The van der Waals surface area contributed by atoms with Crippen molar-refractivity contribution in [2.24, 2.45) is 0 Å². The number of hydrogen-bond donors (Lipinski definition) is 0. The van der Waals surface area contributed by atoms with Crippen LogP contribution in [0.25, 0.3) is 11.1 Å². The van der Waals surface area contributed by atoms with Gasteiger partial charge in [-0.05, 0) is 35.4 Å². The maximum absolute atomic E-state index is 11.8. The van der Waals surface area contributed by atoms with Crippen molar-refractivity contribution < 1.29 is 13.7 Å². The molecule has 0 amide bonds. The van der Waals surface area contributed by atoms with Gasteiger partial charge in [0, 0.05) is 34.3 Å². The first-order valence-electron chi connectivity index (χ1n) is 5.59. The Morgan fingerprint density at radius 3 is 2.47 bits per heavy atom. The molecule has 0 saturated heterocycles. The molecule has 1 aromatic carbocycles. The van der Waals surface area contributed by atoms with Crippen LogP contribution < -0.4 is 0 Å². The maximum Gasteiger partial charge on any atom is 0.338 e. The van der Waals surface area contributed by atoms with Crippen molar-refractivity contribution in [1.29, 1.82) is 0 Å². The van der Waals surface area contributed by atoms with E-state index in [1.54, 1.807) is 36.8 Å². The third kappa shape index (κ3) is 2.88. The normalized spacial score (nSPS) is 11.9. The Balaban J connectivity index is 2.61. The summed E-state index contributed by atoms with van der Waals surface area (Å²) >= 11 is 0. The average Bonchev–Trinajstić information content (AvgIpc) is 2.46. The minimum absolute atomic E-state index is 0.404. The molecule has 0 N–H and O–H groups in total. The van der Waals surface area contributed by atoms with Crippen molar-refractivity contribution in [1.82, 2.24) is 4.98 Å². The molecule has 0 saturated carbocycles. The van der Waals surface area contributed by atoms with E-state index in [0.29, 0.717) is 10.5 Å². The van der Waals surface area contributed by atoms with E-state index in [-0.39, 0.29) is 0 Å². The van der Waals surface area contributed by atoms with Gasteiger partial charge in [-0.15, -0.1) is 0 Å². The molecular weight excluding hydrogens is 262 g/mol. The van der Waals surface area contributed by atoms with Gasteiger partial charge in [-0.25, -0.2) is 4.79 Å². The standard InChI is InChI=1S/C14H13NO3S/c1-18-14(16)13-9-11(19(2)17)3-4-12(13)10-5-7-15-8-6-10/h3-9H,1-2H3. The summed E-state index contributed by atoms with van der Waals surface area (Å²) in [4.78, 5) is 16.4. The number of hydrogen-bond acceptors (Lipinski definition) is 4. The molecule has 98 valence electrons. The highest BCUT2D eigenvalue weighted by Gasteiger charge is 2.15. The molecule has 0 bridgehead atoms. The second-order valence-electron chi connectivity index (χ2n) is 3.89. The maximum atomic E-state index is 11.8. The van der Waals surface area contributed by atoms with Crippen molar-refractivity contribution >= 4 is 16.8 Å². The van der Waals surface area contributed by atoms with Crippen LogP contribution in [0, 0.1) is 0 Å². The van der Waals surface area contributed by atoms with Gasteiger partial charge in [-0.2, -0.15) is 0 Å². The third-order valence-electron chi connectivity index (χ3n) is 2.72. The number of rotatable bonds is 3. The van der Waals surface area contributed by atoms with Gasteiger partial charge in [0.2, 0.25) is 0 Å². The molecule has 0 aliphatic carbocycles. The fourth-order valence-corrected chi connectivity index (χ4v) is 2.31. The van der Waals surface area contributed by atoms with Gasteiger partial charge in [-0.3, -0.25) is 9.19 Å². The van der Waals surface area contributed by atoms with E-state index in [4.69, 9.17) is 4.74 Å². The van der Waals surface area contributed by atoms with Crippen molar-refractivity contribution in [3.8, 4) is 11.1 Å². The quantitative estimate of drug-likeness (QED) is 0.806. The summed E-state index contributed by atoms with van der Waals surface area (Å²) in [5.41, 5.74) is 2.01. The number of aromatic nitrogens is 1. The van der Waals surface area contributed by atoms with Crippen LogP contribution in [0.4, 0.5) is 0 Å². The number of carbonyl (C=O) groups is 1. The SMILES string of the molecule is COC(=O)c1cc(S(C)=O)ccc1-c1ccncc1. The molecule has 0 spiro atoms. The van der Waals surface area contributed by atoms with E-state index < -0.39 is 16.8 Å². The van der Waals surface area contributed by atoms with Gasteiger partial charge in [-0.1, -0.05) is 6.07 Å². The topological polar surface area (TPSA) is 56.3 Å². The van der Waals surface area contributed by atoms with Crippen LogP contribution in [-0.4, -0.2) is 28.5 Å². The number of benzene rings is 1. The largest absolute Gasteiger partial charge is 0.465 e. The summed E-state index contributed by atoms with van der Waals surface area (Å²) in [6.07, 6.45) is 4.88. The molecule has 0 aliphatic heterocycles. The summed E-state index contributed by atoms with van der Waals surface area (Å²) in [6.45, 7) is 0. The van der Waals surface area contributed by atoms with Crippen molar-refractivity contribution in [3.63, 3.8) is 0 Å². The van der Waals surface area contributed by atoms with Crippen molar-refractivity contribution in [2.45, 2.75) is 4.90 Å². The molecule has 0 aliphatic rings. The Morgan fingerprint density at radius 2 is 1.89 bits per heavy atom. The molecule has 5 heteroatoms. The van der Waals surface area contributed by atoms with Crippen molar-refractivity contribution in [2.75, 3.05) is 13.4 Å². The van der Waals surface area contributed by atoms with Crippen LogP contribution in [0.1, 0.15) is 10.4 Å². The molecule has 1 unspecified atom stereocenters. The molecular formula is C14H13NO3S. The highest BCUT2D eigenvalue weighted by molar-refractivity contribution is 7.84. The van der Waals surface area contributed by atoms with Crippen LogP contribution in [-0.2, 0) is 15.5 Å². The molecule has 19 heavy (non-hydrogen) atoms. The lowest BCUT2D eigenvalue weighted by Crippen LogP contribution is -2.05. The summed E-state index contributed by atoms with van der Waals surface area (Å²) in [5.74, 6) is -0.445. The Labute approximate surface area is 113 Å². The highest BCUT2D eigenvalue weighted by atomic mass is 32.2. The lowest BCUT2D eigenvalue weighted by molar-refractivity contribution is 0.0601. The number of methoxy groups -OCH3 is 1. The Morgan fingerprint density at radius 1 is 1.21 bits per heavy atom. The van der Waals surface area contributed by atoms with Crippen LogP contribution in [0.3, 0.4) is 0 Å². The van der Waals surface area contributed by atoms with E-state index in [1.165, 1.54) is 7.11 Å². The molecule has 4 nitrogen and oxygen atoms in total. The van der Waals surface area contributed by atoms with Gasteiger partial charge in [0.15, 0.2) is 0 Å². The van der Waals surface area contributed by atoms with Gasteiger partial charge >= 0.3 is 5.97 Å². The fourth-order valence-electron chi connectivity index (χ4n) is 1.76. The van der Waals surface area contributed by atoms with Crippen LogP contribution >= 0.6 is 0 Å². The van der Waals surface area contributed by atoms with E-state index in [9.17, 15) is 9.00 Å². The Kier molecular flexibility index (Phi) is 4.06. The number of nitrogens with zero attached hydrogens (tertiary/aromatic N) is 1. The highest BCUT2D eigenvalue weighted by Crippen LogP contribution is 2.25. The summed E-state index contributed by atoms with van der Waals surface area (Å²) in [7, 11) is 0.185. The number of esters is 1. The first-order chi connectivity index (χ1) is 9.13. The molecule has 1 atom stereocenters. The van der Waals surface area contributed by atoms with E-state index >= 15 is 0 Å². The van der Waals surface area contributed by atoms with E-state index in [2.05, 4.69) is 4.98 Å². The van der Waals surface area contributed by atoms with Gasteiger partial charge in [0.25, 0.3) is 0 Å². The zero-order valence-electron chi connectivity index (χ0n) is 10.6. The predicted octanol–water partition coefficient (Wildman–Crippen LogP) is 2.27. The smallest absolute Gasteiger partial charge is 0.338 e. The predicted molar refractivity (Wildman–Crippen MR) is 73.3 cm³/mol. The second kappa shape index (κ2) is 5.75. The number of ether oxygens (including phenoxy) is 1. The Hall–Kier alpha value is -2.01. The summed E-state index contributed by atoms with van der Waals surface area (Å²) in [6, 6.07) is 8.75. The van der Waals surface area contributed by atoms with Crippen LogP contribution in [0.15, 0.2) is 47.6 Å². The summed E-state index contributed by atoms with van der Waals surface area (Å²) in [5, 5.41) is 0. The Bertz CT molecular complexity index is 626. The van der Waals surface area contributed by atoms with Gasteiger partial charge in [0.1, 0.15) is 0 Å². The molecule has 2 aromatic rings. The molecule has 1 aromatic heterocycles. The van der Waals surface area contributed by atoms with Gasteiger partial charge < -0.3 is 4.74 Å². The lowest BCUT2D eigenvalue weighted by Gasteiger charge is -2.09. The lowest BCUT2D eigenvalue weighted by atomic mass is 10.0. The number of carbonyl (C=O) groups excluding carboxylic acids is 1.